The van der Waals surface area contributed by atoms with E-state index in [1.807, 2.05) is 62.5 Å². The molecule has 0 amide bonds. The van der Waals surface area contributed by atoms with Gasteiger partial charge in [0.2, 0.25) is 0 Å². The van der Waals surface area contributed by atoms with Gasteiger partial charge in [-0.2, -0.15) is 0 Å². The third-order valence-electron chi connectivity index (χ3n) is 3.12. The van der Waals surface area contributed by atoms with Crippen LogP contribution in [0.25, 0.3) is 10.9 Å². The molecule has 0 bridgehead atoms. The second-order valence-electron chi connectivity index (χ2n) is 5.23. The summed E-state index contributed by atoms with van der Waals surface area (Å²) in [6.07, 6.45) is 2.00. The molecule has 3 heteroatoms. The molecule has 1 aromatic heterocycles. The lowest BCUT2D eigenvalue weighted by molar-refractivity contribution is 0.242. The quantitative estimate of drug-likeness (QED) is 0.746. The van der Waals surface area contributed by atoms with E-state index >= 15 is 0 Å². The van der Waals surface area contributed by atoms with E-state index in [1.165, 1.54) is 0 Å². The summed E-state index contributed by atoms with van der Waals surface area (Å²) in [6.45, 7) is 4.05. The number of aromatic nitrogens is 1. The van der Waals surface area contributed by atoms with Crippen LogP contribution in [0.2, 0.25) is 0 Å². The first-order chi connectivity index (χ1) is 10.2. The highest BCUT2D eigenvalue weighted by Gasteiger charge is 2.00. The summed E-state index contributed by atoms with van der Waals surface area (Å²) in [5.74, 6) is 0.887. The molecule has 0 spiro atoms. The molecule has 0 aliphatic heterocycles. The van der Waals surface area contributed by atoms with Gasteiger partial charge in [-0.25, -0.2) is 0 Å². The number of rotatable bonds is 4. The molecule has 2 aromatic carbocycles. The third-order valence-corrected chi connectivity index (χ3v) is 3.12. The van der Waals surface area contributed by atoms with Gasteiger partial charge in [0, 0.05) is 23.0 Å². The van der Waals surface area contributed by atoms with Crippen LogP contribution in [0, 0.1) is 0 Å². The van der Waals surface area contributed by atoms with Gasteiger partial charge in [-0.05, 0) is 62.4 Å². The molecule has 3 aromatic rings. The molecule has 0 aliphatic rings. The molecule has 0 atom stereocenters. The summed E-state index contributed by atoms with van der Waals surface area (Å²) >= 11 is 0. The van der Waals surface area contributed by atoms with Crippen molar-refractivity contribution in [3.63, 3.8) is 0 Å². The number of benzene rings is 2. The average Bonchev–Trinajstić information content (AvgIpc) is 2.49. The van der Waals surface area contributed by atoms with Crippen molar-refractivity contribution in [3.8, 4) is 5.75 Å². The van der Waals surface area contributed by atoms with Gasteiger partial charge in [-0.1, -0.05) is 6.07 Å². The minimum Gasteiger partial charge on any atom is -0.491 e. The van der Waals surface area contributed by atoms with Crippen molar-refractivity contribution >= 4 is 22.3 Å². The van der Waals surface area contributed by atoms with Gasteiger partial charge in [-0.3, -0.25) is 4.98 Å². The number of ether oxygens (including phenoxy) is 1. The summed E-state index contributed by atoms with van der Waals surface area (Å²) in [5.41, 5.74) is 3.09. The van der Waals surface area contributed by atoms with Crippen LogP contribution < -0.4 is 10.1 Å². The number of hydrogen-bond acceptors (Lipinski definition) is 3. The predicted octanol–water partition coefficient (Wildman–Crippen LogP) is 4.77. The smallest absolute Gasteiger partial charge is 0.119 e. The van der Waals surface area contributed by atoms with Crippen LogP contribution in [0.3, 0.4) is 0 Å². The first kappa shape index (κ1) is 13.4. The number of nitrogens with zero attached hydrogens (tertiary/aromatic N) is 1. The molecular weight excluding hydrogens is 260 g/mol. The highest BCUT2D eigenvalue weighted by molar-refractivity contribution is 5.83. The Bertz CT molecular complexity index is 736. The summed E-state index contributed by atoms with van der Waals surface area (Å²) in [7, 11) is 0. The van der Waals surface area contributed by atoms with Crippen LogP contribution in [-0.4, -0.2) is 11.1 Å². The lowest BCUT2D eigenvalue weighted by Gasteiger charge is -2.11. The fourth-order valence-electron chi connectivity index (χ4n) is 2.21. The number of nitrogens with one attached hydrogen (secondary N) is 1. The number of hydrogen-bond donors (Lipinski definition) is 1. The maximum atomic E-state index is 5.64. The van der Waals surface area contributed by atoms with Crippen LogP contribution in [0.5, 0.6) is 5.75 Å². The molecule has 3 rings (SSSR count). The molecule has 0 fully saturated rings. The third kappa shape index (κ3) is 3.31. The average molecular weight is 278 g/mol. The van der Waals surface area contributed by atoms with Gasteiger partial charge in [0.05, 0.1) is 11.6 Å². The maximum Gasteiger partial charge on any atom is 0.119 e. The van der Waals surface area contributed by atoms with Crippen LogP contribution >= 0.6 is 0 Å². The van der Waals surface area contributed by atoms with Crippen LogP contribution in [0.1, 0.15) is 13.8 Å². The van der Waals surface area contributed by atoms with E-state index in [-0.39, 0.29) is 6.10 Å². The Kier molecular flexibility index (Phi) is 3.73. The summed E-state index contributed by atoms with van der Waals surface area (Å²) in [5, 5.41) is 4.52. The summed E-state index contributed by atoms with van der Waals surface area (Å²) in [4.78, 5) is 4.32. The molecule has 0 unspecified atom stereocenters. The second kappa shape index (κ2) is 5.83. The first-order valence-corrected chi connectivity index (χ1v) is 7.09. The van der Waals surface area contributed by atoms with Gasteiger partial charge < -0.3 is 10.1 Å². The fourth-order valence-corrected chi connectivity index (χ4v) is 2.21. The summed E-state index contributed by atoms with van der Waals surface area (Å²) in [6, 6.07) is 18.2. The number of anilines is 2. The van der Waals surface area contributed by atoms with E-state index in [0.29, 0.717) is 0 Å². The monoisotopic (exact) mass is 278 g/mol. The van der Waals surface area contributed by atoms with Crippen molar-refractivity contribution in [3.05, 3.63) is 60.8 Å². The van der Waals surface area contributed by atoms with Crippen molar-refractivity contribution in [1.29, 1.82) is 0 Å². The van der Waals surface area contributed by atoms with E-state index in [1.54, 1.807) is 0 Å². The van der Waals surface area contributed by atoms with Crippen molar-refractivity contribution in [2.45, 2.75) is 20.0 Å². The largest absolute Gasteiger partial charge is 0.491 e. The van der Waals surface area contributed by atoms with E-state index in [2.05, 4.69) is 22.4 Å². The van der Waals surface area contributed by atoms with Gasteiger partial charge in [0.25, 0.3) is 0 Å². The van der Waals surface area contributed by atoms with Crippen molar-refractivity contribution in [2.75, 3.05) is 5.32 Å². The Labute approximate surface area is 124 Å². The molecule has 21 heavy (non-hydrogen) atoms. The molecule has 1 N–H and O–H groups in total. The standard InChI is InChI=1S/C18H18N2O/c1-13(2)21-17-8-5-15(6-9-17)20-16-7-10-18-14(12-16)4-3-11-19-18/h3-13,20H,1-2H3. The Hall–Kier alpha value is -2.55. The Morgan fingerprint density at radius 2 is 1.71 bits per heavy atom. The van der Waals surface area contributed by atoms with Crippen molar-refractivity contribution in [1.82, 2.24) is 4.98 Å². The molecular formula is C18H18N2O. The molecule has 0 saturated heterocycles. The van der Waals surface area contributed by atoms with E-state index < -0.39 is 0 Å². The van der Waals surface area contributed by atoms with Crippen molar-refractivity contribution in [2.24, 2.45) is 0 Å². The highest BCUT2D eigenvalue weighted by Crippen LogP contribution is 2.23. The fraction of sp³-hybridized carbons (Fsp3) is 0.167. The molecule has 1 heterocycles. The van der Waals surface area contributed by atoms with E-state index in [0.717, 1.165) is 28.0 Å². The minimum absolute atomic E-state index is 0.191. The van der Waals surface area contributed by atoms with Gasteiger partial charge >= 0.3 is 0 Å². The predicted molar refractivity (Wildman–Crippen MR) is 87.2 cm³/mol. The van der Waals surface area contributed by atoms with Crippen LogP contribution in [0.15, 0.2) is 60.8 Å². The molecule has 0 saturated carbocycles. The molecule has 3 nitrogen and oxygen atoms in total. The van der Waals surface area contributed by atoms with Crippen molar-refractivity contribution < 1.29 is 4.74 Å². The second-order valence-corrected chi connectivity index (χ2v) is 5.23. The minimum atomic E-state index is 0.191. The number of fused-ring (bicyclic) bond motifs is 1. The van der Waals surface area contributed by atoms with E-state index in [4.69, 9.17) is 4.74 Å². The molecule has 0 radical (unpaired) electrons. The molecule has 0 aliphatic carbocycles. The zero-order valence-corrected chi connectivity index (χ0v) is 12.2. The maximum absolute atomic E-state index is 5.64. The Morgan fingerprint density at radius 1 is 0.952 bits per heavy atom. The zero-order chi connectivity index (χ0) is 14.7. The SMILES string of the molecule is CC(C)Oc1ccc(Nc2ccc3ncccc3c2)cc1. The molecule has 106 valence electrons. The topological polar surface area (TPSA) is 34.1 Å². The lowest BCUT2D eigenvalue weighted by atomic mass is 10.2. The first-order valence-electron chi connectivity index (χ1n) is 7.09. The van der Waals surface area contributed by atoms with Gasteiger partial charge in [0.1, 0.15) is 5.75 Å². The highest BCUT2D eigenvalue weighted by atomic mass is 16.5. The van der Waals surface area contributed by atoms with Crippen LogP contribution in [-0.2, 0) is 0 Å². The van der Waals surface area contributed by atoms with Crippen LogP contribution in [0.4, 0.5) is 11.4 Å². The van der Waals surface area contributed by atoms with Gasteiger partial charge in [0.15, 0.2) is 0 Å². The van der Waals surface area contributed by atoms with E-state index in [9.17, 15) is 0 Å². The Morgan fingerprint density at radius 3 is 2.48 bits per heavy atom. The number of pyridine rings is 1. The van der Waals surface area contributed by atoms with Gasteiger partial charge in [-0.15, -0.1) is 0 Å². The Balaban J connectivity index is 1.78. The normalized spacial score (nSPS) is 10.8. The zero-order valence-electron chi connectivity index (χ0n) is 12.2. The summed E-state index contributed by atoms with van der Waals surface area (Å²) < 4.78 is 5.64. The lowest BCUT2D eigenvalue weighted by Crippen LogP contribution is -2.05.